The van der Waals surface area contributed by atoms with Crippen LogP contribution in [-0.2, 0) is 4.79 Å². The fourth-order valence-corrected chi connectivity index (χ4v) is 5.28. The van der Waals surface area contributed by atoms with Crippen molar-refractivity contribution in [3.63, 3.8) is 0 Å². The molecule has 3 N–H and O–H groups in total. The first-order chi connectivity index (χ1) is 10.7. The molecule has 5 atom stereocenters. The van der Waals surface area contributed by atoms with Crippen molar-refractivity contribution in [3.8, 4) is 0 Å². The van der Waals surface area contributed by atoms with Crippen molar-refractivity contribution in [2.75, 3.05) is 26.2 Å². The van der Waals surface area contributed by atoms with Gasteiger partial charge in [-0.25, -0.2) is 0 Å². The summed E-state index contributed by atoms with van der Waals surface area (Å²) < 4.78 is 0. The van der Waals surface area contributed by atoms with Crippen LogP contribution in [0.15, 0.2) is 0 Å². The van der Waals surface area contributed by atoms with E-state index in [-0.39, 0.29) is 5.91 Å². The molecule has 2 aliphatic carbocycles. The van der Waals surface area contributed by atoms with Crippen LogP contribution in [0.1, 0.15) is 51.9 Å². The number of likely N-dealkylation sites (tertiary alicyclic amines) is 1. The second-order valence-corrected chi connectivity index (χ2v) is 8.02. The minimum absolute atomic E-state index is 0.226. The maximum atomic E-state index is 12.4. The highest BCUT2D eigenvalue weighted by molar-refractivity contribution is 5.78. The van der Waals surface area contributed by atoms with Gasteiger partial charge >= 0.3 is 0 Å². The number of fused-ring (bicyclic) bond motifs is 2. The lowest BCUT2D eigenvalue weighted by atomic mass is 9.84. The molecule has 0 spiro atoms. The van der Waals surface area contributed by atoms with E-state index in [9.17, 15) is 4.79 Å². The van der Waals surface area contributed by atoms with E-state index in [0.29, 0.717) is 18.5 Å². The summed E-state index contributed by atoms with van der Waals surface area (Å²) in [5.41, 5.74) is 5.67. The Morgan fingerprint density at radius 1 is 1.32 bits per heavy atom. The van der Waals surface area contributed by atoms with Crippen LogP contribution in [-0.4, -0.2) is 43.0 Å². The number of nitrogens with two attached hydrogens (primary N) is 1. The van der Waals surface area contributed by atoms with Crippen LogP contribution in [0.2, 0.25) is 0 Å². The third kappa shape index (κ3) is 3.83. The van der Waals surface area contributed by atoms with Gasteiger partial charge in [0.05, 0.1) is 6.54 Å². The molecule has 4 heteroatoms. The average molecular weight is 307 g/mol. The Labute approximate surface area is 135 Å². The molecule has 5 unspecified atom stereocenters. The first-order valence-electron chi connectivity index (χ1n) is 9.37. The molecule has 0 aromatic carbocycles. The lowest BCUT2D eigenvalue weighted by Gasteiger charge is -2.33. The van der Waals surface area contributed by atoms with Gasteiger partial charge in [0.1, 0.15) is 0 Å². The topological polar surface area (TPSA) is 58.4 Å². The van der Waals surface area contributed by atoms with Gasteiger partial charge in [0.15, 0.2) is 0 Å². The predicted octanol–water partition coefficient (Wildman–Crippen LogP) is 1.99. The molecule has 1 aliphatic heterocycles. The fraction of sp³-hybridized carbons (Fsp3) is 0.944. The van der Waals surface area contributed by atoms with Gasteiger partial charge in [-0.1, -0.05) is 6.42 Å². The van der Waals surface area contributed by atoms with E-state index < -0.39 is 0 Å². The second kappa shape index (κ2) is 7.31. The Balaban J connectivity index is 1.42. The summed E-state index contributed by atoms with van der Waals surface area (Å²) in [5, 5.41) is 3.30. The minimum atomic E-state index is 0.226. The summed E-state index contributed by atoms with van der Waals surface area (Å²) in [7, 11) is 0. The number of amides is 1. The van der Waals surface area contributed by atoms with Crippen LogP contribution in [0.3, 0.4) is 0 Å². The van der Waals surface area contributed by atoms with Gasteiger partial charge in [0, 0.05) is 12.6 Å². The van der Waals surface area contributed by atoms with Crippen molar-refractivity contribution >= 4 is 5.91 Å². The number of carbonyl (C=O) groups is 1. The van der Waals surface area contributed by atoms with Crippen molar-refractivity contribution in [1.29, 1.82) is 0 Å². The van der Waals surface area contributed by atoms with Gasteiger partial charge < -0.3 is 11.1 Å². The third-order valence-electron chi connectivity index (χ3n) is 6.37. The van der Waals surface area contributed by atoms with E-state index in [2.05, 4.69) is 17.1 Å². The zero-order chi connectivity index (χ0) is 15.5. The van der Waals surface area contributed by atoms with E-state index >= 15 is 0 Å². The first-order valence-corrected chi connectivity index (χ1v) is 9.37. The number of nitrogens with one attached hydrogen (secondary N) is 1. The number of carbonyl (C=O) groups excluding carboxylic acids is 1. The van der Waals surface area contributed by atoms with E-state index in [1.54, 1.807) is 0 Å². The van der Waals surface area contributed by atoms with Crippen LogP contribution in [0.4, 0.5) is 0 Å². The molecule has 0 radical (unpaired) electrons. The molecule has 2 saturated carbocycles. The van der Waals surface area contributed by atoms with Crippen LogP contribution < -0.4 is 11.1 Å². The molecule has 22 heavy (non-hydrogen) atoms. The zero-order valence-electron chi connectivity index (χ0n) is 14.1. The van der Waals surface area contributed by atoms with Gasteiger partial charge in [0.2, 0.25) is 5.91 Å². The van der Waals surface area contributed by atoms with E-state index in [1.807, 2.05) is 0 Å². The minimum Gasteiger partial charge on any atom is -0.352 e. The molecule has 1 amide bonds. The number of hydrogen-bond acceptors (Lipinski definition) is 3. The van der Waals surface area contributed by atoms with Crippen molar-refractivity contribution in [2.24, 2.45) is 29.4 Å². The highest BCUT2D eigenvalue weighted by atomic mass is 16.2. The SMILES string of the molecule is CC(NC(=O)CN1CCCC(CCN)C1)C1CC2CCC1C2. The molecule has 0 aromatic heterocycles. The number of piperidine rings is 1. The fourth-order valence-electron chi connectivity index (χ4n) is 5.28. The van der Waals surface area contributed by atoms with Gasteiger partial charge in [0.25, 0.3) is 0 Å². The molecule has 0 aromatic rings. The van der Waals surface area contributed by atoms with Gasteiger partial charge in [-0.3, -0.25) is 9.69 Å². The highest BCUT2D eigenvalue weighted by Gasteiger charge is 2.42. The summed E-state index contributed by atoms with van der Waals surface area (Å²) in [6, 6.07) is 0.354. The van der Waals surface area contributed by atoms with Gasteiger partial charge in [-0.15, -0.1) is 0 Å². The standard InChI is InChI=1S/C18H33N3O/c1-13(17-10-15-4-5-16(17)9-15)20-18(22)12-21-8-2-3-14(11-21)6-7-19/h13-17H,2-12,19H2,1H3,(H,20,22). The monoisotopic (exact) mass is 307 g/mol. The lowest BCUT2D eigenvalue weighted by Crippen LogP contribution is -2.47. The molecule has 1 heterocycles. The largest absolute Gasteiger partial charge is 0.352 e. The van der Waals surface area contributed by atoms with Crippen LogP contribution in [0.25, 0.3) is 0 Å². The molecule has 4 nitrogen and oxygen atoms in total. The summed E-state index contributed by atoms with van der Waals surface area (Å²) in [6.45, 7) is 5.68. The van der Waals surface area contributed by atoms with Gasteiger partial charge in [-0.2, -0.15) is 0 Å². The summed E-state index contributed by atoms with van der Waals surface area (Å²) >= 11 is 0. The van der Waals surface area contributed by atoms with Crippen LogP contribution in [0, 0.1) is 23.7 Å². The maximum Gasteiger partial charge on any atom is 0.234 e. The molecule has 3 aliphatic rings. The van der Waals surface area contributed by atoms with E-state index in [4.69, 9.17) is 5.73 Å². The molecule has 3 fully saturated rings. The highest BCUT2D eigenvalue weighted by Crippen LogP contribution is 2.49. The smallest absolute Gasteiger partial charge is 0.234 e. The number of rotatable bonds is 6. The Kier molecular flexibility index (Phi) is 5.40. The lowest BCUT2D eigenvalue weighted by molar-refractivity contribution is -0.123. The molecular formula is C18H33N3O. The molecule has 1 saturated heterocycles. The normalized spacial score (nSPS) is 36.5. The van der Waals surface area contributed by atoms with Gasteiger partial charge in [-0.05, 0) is 82.2 Å². The average Bonchev–Trinajstić information content (AvgIpc) is 3.10. The van der Waals surface area contributed by atoms with Crippen molar-refractivity contribution in [2.45, 2.75) is 57.9 Å². The third-order valence-corrected chi connectivity index (χ3v) is 6.37. The predicted molar refractivity (Wildman–Crippen MR) is 89.4 cm³/mol. The number of nitrogens with zero attached hydrogens (tertiary/aromatic N) is 1. The second-order valence-electron chi connectivity index (χ2n) is 8.02. The Morgan fingerprint density at radius 2 is 2.18 bits per heavy atom. The van der Waals surface area contributed by atoms with E-state index in [1.165, 1.54) is 38.5 Å². The zero-order valence-corrected chi connectivity index (χ0v) is 14.1. The Hall–Kier alpha value is -0.610. The van der Waals surface area contributed by atoms with E-state index in [0.717, 1.165) is 43.8 Å². The Morgan fingerprint density at radius 3 is 2.86 bits per heavy atom. The molecule has 3 rings (SSSR count). The van der Waals surface area contributed by atoms with Crippen LogP contribution in [0.5, 0.6) is 0 Å². The van der Waals surface area contributed by atoms with Crippen molar-refractivity contribution < 1.29 is 4.79 Å². The summed E-state index contributed by atoms with van der Waals surface area (Å²) in [6.07, 6.45) is 9.16. The maximum absolute atomic E-state index is 12.4. The molecule has 126 valence electrons. The van der Waals surface area contributed by atoms with Crippen molar-refractivity contribution in [1.82, 2.24) is 10.2 Å². The number of hydrogen-bond donors (Lipinski definition) is 2. The van der Waals surface area contributed by atoms with Crippen LogP contribution >= 0.6 is 0 Å². The molecule has 2 bridgehead atoms. The summed E-state index contributed by atoms with van der Waals surface area (Å²) in [5.74, 6) is 3.48. The van der Waals surface area contributed by atoms with Crippen molar-refractivity contribution in [3.05, 3.63) is 0 Å². The quantitative estimate of drug-likeness (QED) is 0.789. The molecular weight excluding hydrogens is 274 g/mol. The first kappa shape index (κ1) is 16.3. The Bertz CT molecular complexity index is 385. The summed E-state index contributed by atoms with van der Waals surface area (Å²) in [4.78, 5) is 14.7.